The largest absolute Gasteiger partial charge is 0.496 e. The van der Waals surface area contributed by atoms with Crippen LogP contribution in [0.5, 0.6) is 5.75 Å². The van der Waals surface area contributed by atoms with Crippen molar-refractivity contribution in [3.05, 3.63) is 59.2 Å². The second kappa shape index (κ2) is 9.11. The molecule has 0 fully saturated rings. The molecule has 2 aromatic rings. The predicted octanol–water partition coefficient (Wildman–Crippen LogP) is 3.82. The molecular weight excluding hydrogens is 312 g/mol. The summed E-state index contributed by atoms with van der Waals surface area (Å²) in [6.07, 6.45) is 0.744. The van der Waals surface area contributed by atoms with Crippen molar-refractivity contribution in [2.24, 2.45) is 0 Å². The highest BCUT2D eigenvalue weighted by molar-refractivity contribution is 5.94. The topological polar surface area (TPSA) is 41.6 Å². The zero-order valence-electron chi connectivity index (χ0n) is 15.6. The third kappa shape index (κ3) is 4.99. The molecule has 1 amide bonds. The molecular formula is C21H28N2O2. The van der Waals surface area contributed by atoms with Gasteiger partial charge in [-0.1, -0.05) is 17.7 Å². The Morgan fingerprint density at radius 3 is 2.36 bits per heavy atom. The molecule has 1 N–H and O–H groups in total. The van der Waals surface area contributed by atoms with E-state index in [0.717, 1.165) is 36.5 Å². The van der Waals surface area contributed by atoms with Crippen molar-refractivity contribution in [1.82, 2.24) is 5.32 Å². The monoisotopic (exact) mass is 340 g/mol. The molecule has 0 aliphatic heterocycles. The second-order valence-corrected chi connectivity index (χ2v) is 6.04. The summed E-state index contributed by atoms with van der Waals surface area (Å²) in [6.45, 7) is 8.81. The van der Waals surface area contributed by atoms with Crippen molar-refractivity contribution >= 4 is 11.6 Å². The van der Waals surface area contributed by atoms with Gasteiger partial charge in [0.1, 0.15) is 5.75 Å². The number of benzene rings is 2. The molecule has 0 heterocycles. The summed E-state index contributed by atoms with van der Waals surface area (Å²) >= 11 is 0. The molecule has 0 aliphatic carbocycles. The van der Waals surface area contributed by atoms with Gasteiger partial charge in [0.25, 0.3) is 5.91 Å². The van der Waals surface area contributed by atoms with Gasteiger partial charge in [-0.25, -0.2) is 0 Å². The number of aryl methyl sites for hydroxylation is 1. The van der Waals surface area contributed by atoms with Crippen LogP contribution in [0, 0.1) is 6.92 Å². The summed E-state index contributed by atoms with van der Waals surface area (Å²) in [5, 5.41) is 2.99. The van der Waals surface area contributed by atoms with Crippen LogP contribution in [-0.2, 0) is 6.42 Å². The first-order valence-corrected chi connectivity index (χ1v) is 8.85. The maximum absolute atomic E-state index is 12.3. The molecule has 2 aromatic carbocycles. The molecule has 4 heteroatoms. The number of anilines is 1. The lowest BCUT2D eigenvalue weighted by Crippen LogP contribution is -2.26. The van der Waals surface area contributed by atoms with Gasteiger partial charge in [-0.05, 0) is 63.1 Å². The molecule has 0 saturated carbocycles. The van der Waals surface area contributed by atoms with Gasteiger partial charge in [0.15, 0.2) is 0 Å². The Morgan fingerprint density at radius 1 is 1.08 bits per heavy atom. The fraction of sp³-hybridized carbons (Fsp3) is 0.381. The Bertz CT molecular complexity index is 692. The molecule has 0 atom stereocenters. The fourth-order valence-corrected chi connectivity index (χ4v) is 2.93. The molecule has 25 heavy (non-hydrogen) atoms. The van der Waals surface area contributed by atoms with E-state index < -0.39 is 0 Å². The van der Waals surface area contributed by atoms with Gasteiger partial charge < -0.3 is 15.0 Å². The molecule has 0 bridgehead atoms. The van der Waals surface area contributed by atoms with E-state index in [4.69, 9.17) is 4.74 Å². The zero-order chi connectivity index (χ0) is 18.2. The van der Waals surface area contributed by atoms with Crippen LogP contribution in [0.25, 0.3) is 0 Å². The molecule has 4 nitrogen and oxygen atoms in total. The van der Waals surface area contributed by atoms with Gasteiger partial charge >= 0.3 is 0 Å². The second-order valence-electron chi connectivity index (χ2n) is 6.04. The summed E-state index contributed by atoms with van der Waals surface area (Å²) in [5.74, 6) is 0.821. The smallest absolute Gasteiger partial charge is 0.251 e. The number of hydrogen-bond acceptors (Lipinski definition) is 3. The highest BCUT2D eigenvalue weighted by Gasteiger charge is 2.08. The quantitative estimate of drug-likeness (QED) is 0.794. The average molecular weight is 340 g/mol. The van der Waals surface area contributed by atoms with Crippen molar-refractivity contribution in [1.29, 1.82) is 0 Å². The number of carbonyl (C=O) groups excluding carboxylic acids is 1. The van der Waals surface area contributed by atoms with Crippen LogP contribution in [0.1, 0.15) is 35.3 Å². The van der Waals surface area contributed by atoms with Crippen LogP contribution in [0.15, 0.2) is 42.5 Å². The number of carbonyl (C=O) groups is 1. The SMILES string of the molecule is CCN(CC)c1ccc(C(=O)NCCc2cc(C)ccc2OC)cc1. The Balaban J connectivity index is 1.93. The van der Waals surface area contributed by atoms with Crippen LogP contribution in [0.4, 0.5) is 5.69 Å². The van der Waals surface area contributed by atoms with Crippen LogP contribution in [0.3, 0.4) is 0 Å². The van der Waals surface area contributed by atoms with Crippen molar-refractivity contribution in [3.63, 3.8) is 0 Å². The number of rotatable bonds is 8. The Kier molecular flexibility index (Phi) is 6.87. The highest BCUT2D eigenvalue weighted by Crippen LogP contribution is 2.20. The lowest BCUT2D eigenvalue weighted by atomic mass is 10.1. The minimum Gasteiger partial charge on any atom is -0.496 e. The molecule has 0 unspecified atom stereocenters. The van der Waals surface area contributed by atoms with E-state index in [-0.39, 0.29) is 5.91 Å². The Hall–Kier alpha value is -2.49. The molecule has 2 rings (SSSR count). The van der Waals surface area contributed by atoms with Gasteiger partial charge in [-0.2, -0.15) is 0 Å². The minimum atomic E-state index is -0.0438. The van der Waals surface area contributed by atoms with Crippen molar-refractivity contribution < 1.29 is 9.53 Å². The number of nitrogens with zero attached hydrogens (tertiary/aromatic N) is 1. The van der Waals surface area contributed by atoms with Crippen LogP contribution < -0.4 is 15.0 Å². The maximum atomic E-state index is 12.3. The molecule has 0 saturated heterocycles. The first kappa shape index (κ1) is 18.8. The van der Waals surface area contributed by atoms with E-state index in [2.05, 4.69) is 37.1 Å². The number of amides is 1. The first-order chi connectivity index (χ1) is 12.1. The first-order valence-electron chi connectivity index (χ1n) is 8.85. The Morgan fingerprint density at radius 2 is 1.76 bits per heavy atom. The maximum Gasteiger partial charge on any atom is 0.251 e. The summed E-state index contributed by atoms with van der Waals surface area (Å²) in [7, 11) is 1.67. The van der Waals surface area contributed by atoms with Crippen molar-refractivity contribution in [2.45, 2.75) is 27.2 Å². The lowest BCUT2D eigenvalue weighted by molar-refractivity contribution is 0.0954. The highest BCUT2D eigenvalue weighted by atomic mass is 16.5. The van der Waals surface area contributed by atoms with Gasteiger partial charge in [-0.15, -0.1) is 0 Å². The summed E-state index contributed by atoms with van der Waals surface area (Å²) in [5.41, 5.74) is 4.13. The van der Waals surface area contributed by atoms with Gasteiger partial charge in [0, 0.05) is 30.9 Å². The number of methoxy groups -OCH3 is 1. The van der Waals surface area contributed by atoms with Gasteiger partial charge in [0.05, 0.1) is 7.11 Å². The number of hydrogen-bond donors (Lipinski definition) is 1. The predicted molar refractivity (Wildman–Crippen MR) is 104 cm³/mol. The standard InChI is InChI=1S/C21H28N2O2/c1-5-23(6-2)19-10-8-17(9-11-19)21(24)22-14-13-18-15-16(3)7-12-20(18)25-4/h7-12,15H,5-6,13-14H2,1-4H3,(H,22,24). The summed E-state index contributed by atoms with van der Waals surface area (Å²) in [4.78, 5) is 14.6. The van der Waals surface area contributed by atoms with Gasteiger partial charge in [-0.3, -0.25) is 4.79 Å². The van der Waals surface area contributed by atoms with Gasteiger partial charge in [0.2, 0.25) is 0 Å². The van der Waals surface area contributed by atoms with E-state index in [0.29, 0.717) is 12.1 Å². The summed E-state index contributed by atoms with van der Waals surface area (Å²) in [6, 6.07) is 13.9. The lowest BCUT2D eigenvalue weighted by Gasteiger charge is -2.21. The molecule has 0 aromatic heterocycles. The van der Waals surface area contributed by atoms with E-state index in [1.807, 2.05) is 36.4 Å². The van der Waals surface area contributed by atoms with E-state index in [1.54, 1.807) is 7.11 Å². The average Bonchev–Trinajstić information content (AvgIpc) is 2.63. The third-order valence-corrected chi connectivity index (χ3v) is 4.37. The fourth-order valence-electron chi connectivity index (χ4n) is 2.93. The van der Waals surface area contributed by atoms with E-state index in [1.165, 1.54) is 5.56 Å². The molecule has 0 spiro atoms. The van der Waals surface area contributed by atoms with Crippen LogP contribution in [0.2, 0.25) is 0 Å². The van der Waals surface area contributed by atoms with Crippen molar-refractivity contribution in [2.75, 3.05) is 31.6 Å². The normalized spacial score (nSPS) is 10.4. The van der Waals surface area contributed by atoms with Crippen LogP contribution >= 0.6 is 0 Å². The number of nitrogens with one attached hydrogen (secondary N) is 1. The summed E-state index contributed by atoms with van der Waals surface area (Å²) < 4.78 is 5.38. The Labute approximate surface area is 150 Å². The number of ether oxygens (including phenoxy) is 1. The van der Waals surface area contributed by atoms with Crippen LogP contribution in [-0.4, -0.2) is 32.7 Å². The minimum absolute atomic E-state index is 0.0438. The van der Waals surface area contributed by atoms with Crippen molar-refractivity contribution in [3.8, 4) is 5.75 Å². The zero-order valence-corrected chi connectivity index (χ0v) is 15.6. The molecule has 0 aliphatic rings. The third-order valence-electron chi connectivity index (χ3n) is 4.37. The molecule has 134 valence electrons. The van der Waals surface area contributed by atoms with E-state index >= 15 is 0 Å². The van der Waals surface area contributed by atoms with E-state index in [9.17, 15) is 4.79 Å². The molecule has 0 radical (unpaired) electrons.